The van der Waals surface area contributed by atoms with E-state index in [-0.39, 0.29) is 5.91 Å². The van der Waals surface area contributed by atoms with E-state index in [1.54, 1.807) is 14.0 Å². The number of carbonyl (C=O) groups is 1. The van der Waals surface area contributed by atoms with E-state index in [1.165, 1.54) is 25.7 Å². The maximum atomic E-state index is 12.0. The third-order valence-corrected chi connectivity index (χ3v) is 4.62. The summed E-state index contributed by atoms with van der Waals surface area (Å²) in [5.41, 5.74) is 0.317. The lowest BCUT2D eigenvalue weighted by Gasteiger charge is -2.29. The number of ether oxygens (including phenoxy) is 1. The van der Waals surface area contributed by atoms with Gasteiger partial charge in [0.1, 0.15) is 5.38 Å². The van der Waals surface area contributed by atoms with Crippen LogP contribution in [-0.2, 0) is 9.53 Å². The molecular weight excluding hydrogens is 238 g/mol. The lowest BCUT2D eigenvalue weighted by atomic mass is 9.77. The van der Waals surface area contributed by atoms with Crippen LogP contribution in [0.4, 0.5) is 0 Å². The number of hydrogen-bond acceptors (Lipinski definition) is 2. The molecule has 17 heavy (non-hydrogen) atoms. The van der Waals surface area contributed by atoms with E-state index >= 15 is 0 Å². The van der Waals surface area contributed by atoms with Gasteiger partial charge in [-0.3, -0.25) is 4.79 Å². The molecule has 2 fully saturated rings. The highest BCUT2D eigenvalue weighted by molar-refractivity contribution is 6.30. The van der Waals surface area contributed by atoms with Gasteiger partial charge >= 0.3 is 0 Å². The summed E-state index contributed by atoms with van der Waals surface area (Å²) in [6.07, 6.45) is 5.06. The maximum absolute atomic E-state index is 12.0. The molecule has 0 aromatic rings. The Morgan fingerprint density at radius 2 is 2.18 bits per heavy atom. The van der Waals surface area contributed by atoms with Crippen LogP contribution in [-0.4, -0.2) is 43.0 Å². The Balaban J connectivity index is 2.09. The van der Waals surface area contributed by atoms with Gasteiger partial charge in [-0.05, 0) is 25.2 Å². The number of likely N-dealkylation sites (tertiary alicyclic amines) is 1. The summed E-state index contributed by atoms with van der Waals surface area (Å²) >= 11 is 5.91. The Morgan fingerprint density at radius 3 is 2.71 bits per heavy atom. The summed E-state index contributed by atoms with van der Waals surface area (Å²) in [5.74, 6) is 0.575. The van der Waals surface area contributed by atoms with Crippen LogP contribution in [0.25, 0.3) is 0 Å². The number of halogens is 1. The van der Waals surface area contributed by atoms with Crippen molar-refractivity contribution in [3.63, 3.8) is 0 Å². The highest BCUT2D eigenvalue weighted by Gasteiger charge is 2.49. The van der Waals surface area contributed by atoms with Crippen LogP contribution in [0.2, 0.25) is 0 Å². The summed E-state index contributed by atoms with van der Waals surface area (Å²) < 4.78 is 5.33. The summed E-state index contributed by atoms with van der Waals surface area (Å²) in [5, 5.41) is -0.408. The Kier molecular flexibility index (Phi) is 3.99. The quantitative estimate of drug-likeness (QED) is 0.728. The van der Waals surface area contributed by atoms with Crippen LogP contribution in [0.1, 0.15) is 32.6 Å². The van der Waals surface area contributed by atoms with E-state index in [1.807, 2.05) is 4.90 Å². The first-order valence-electron chi connectivity index (χ1n) is 6.51. The molecule has 2 rings (SSSR count). The average Bonchev–Trinajstić information content (AvgIpc) is 2.88. The molecule has 3 nitrogen and oxygen atoms in total. The first kappa shape index (κ1) is 13.2. The van der Waals surface area contributed by atoms with Gasteiger partial charge in [-0.15, -0.1) is 11.6 Å². The predicted octanol–water partition coefficient (Wildman–Crippen LogP) is 2.28. The van der Waals surface area contributed by atoms with Gasteiger partial charge in [-0.2, -0.15) is 0 Å². The van der Waals surface area contributed by atoms with Crippen molar-refractivity contribution in [3.8, 4) is 0 Å². The molecule has 1 amide bonds. The van der Waals surface area contributed by atoms with Crippen molar-refractivity contribution < 1.29 is 9.53 Å². The Bertz CT molecular complexity index is 287. The summed E-state index contributed by atoms with van der Waals surface area (Å²) in [6, 6.07) is 0. The van der Waals surface area contributed by atoms with Crippen LogP contribution < -0.4 is 0 Å². The number of carbonyl (C=O) groups excluding carboxylic acids is 1. The Hall–Kier alpha value is -0.280. The third kappa shape index (κ3) is 2.45. The molecule has 1 aliphatic heterocycles. The SMILES string of the molecule is COC[C@H]1CN(C(=O)[C@@H](C)Cl)CC12CCCC2. The number of nitrogens with zero attached hydrogens (tertiary/aromatic N) is 1. The van der Waals surface area contributed by atoms with Gasteiger partial charge < -0.3 is 9.64 Å². The van der Waals surface area contributed by atoms with Gasteiger partial charge in [0.15, 0.2) is 0 Å². The van der Waals surface area contributed by atoms with E-state index in [0.717, 1.165) is 19.7 Å². The van der Waals surface area contributed by atoms with Gasteiger partial charge in [0, 0.05) is 26.1 Å². The molecule has 98 valence electrons. The second kappa shape index (κ2) is 5.15. The van der Waals surface area contributed by atoms with Gasteiger partial charge in [0.2, 0.25) is 5.91 Å². The Labute approximate surface area is 108 Å². The van der Waals surface area contributed by atoms with E-state index in [2.05, 4.69) is 0 Å². The molecular formula is C13H22ClNO2. The summed E-state index contributed by atoms with van der Waals surface area (Å²) in [6.45, 7) is 4.23. The van der Waals surface area contributed by atoms with Gasteiger partial charge in [0.25, 0.3) is 0 Å². The summed E-state index contributed by atoms with van der Waals surface area (Å²) in [4.78, 5) is 13.9. The molecule has 1 aliphatic carbocycles. The standard InChI is InChI=1S/C13H22ClNO2/c1-10(14)12(16)15-7-11(8-17-2)13(9-15)5-3-4-6-13/h10-11H,3-9H2,1-2H3/t10-,11-/m1/s1. The minimum atomic E-state index is -0.408. The molecule has 0 unspecified atom stereocenters. The maximum Gasteiger partial charge on any atom is 0.240 e. The van der Waals surface area contributed by atoms with Gasteiger partial charge in [-0.25, -0.2) is 0 Å². The van der Waals surface area contributed by atoms with Crippen LogP contribution in [0.3, 0.4) is 0 Å². The number of hydrogen-bond donors (Lipinski definition) is 0. The largest absolute Gasteiger partial charge is 0.384 e. The van der Waals surface area contributed by atoms with E-state index < -0.39 is 5.38 Å². The molecule has 1 saturated carbocycles. The van der Waals surface area contributed by atoms with Crippen molar-refractivity contribution in [2.24, 2.45) is 11.3 Å². The van der Waals surface area contributed by atoms with Crippen LogP contribution in [0.15, 0.2) is 0 Å². The van der Waals surface area contributed by atoms with Gasteiger partial charge in [0.05, 0.1) is 6.61 Å². The fourth-order valence-corrected chi connectivity index (χ4v) is 3.67. The van der Waals surface area contributed by atoms with E-state index in [4.69, 9.17) is 16.3 Å². The molecule has 1 spiro atoms. The van der Waals surface area contributed by atoms with E-state index in [0.29, 0.717) is 11.3 Å². The topological polar surface area (TPSA) is 29.5 Å². The lowest BCUT2D eigenvalue weighted by molar-refractivity contribution is -0.129. The monoisotopic (exact) mass is 259 g/mol. The van der Waals surface area contributed by atoms with Crippen LogP contribution in [0, 0.1) is 11.3 Å². The minimum absolute atomic E-state index is 0.0801. The van der Waals surface area contributed by atoms with Gasteiger partial charge in [-0.1, -0.05) is 12.8 Å². The molecule has 2 atom stereocenters. The Morgan fingerprint density at radius 1 is 1.53 bits per heavy atom. The second-order valence-corrected chi connectivity index (χ2v) is 6.21. The first-order chi connectivity index (χ1) is 8.09. The predicted molar refractivity (Wildman–Crippen MR) is 68.2 cm³/mol. The number of rotatable bonds is 3. The smallest absolute Gasteiger partial charge is 0.240 e. The second-order valence-electron chi connectivity index (χ2n) is 5.56. The van der Waals surface area contributed by atoms with Crippen molar-refractivity contribution in [1.29, 1.82) is 0 Å². The molecule has 1 saturated heterocycles. The molecule has 1 heterocycles. The van der Waals surface area contributed by atoms with Crippen LogP contribution >= 0.6 is 11.6 Å². The molecule has 2 aliphatic rings. The first-order valence-corrected chi connectivity index (χ1v) is 6.94. The third-order valence-electron chi connectivity index (χ3n) is 4.43. The molecule has 0 aromatic carbocycles. The van der Waals surface area contributed by atoms with Crippen molar-refractivity contribution in [1.82, 2.24) is 4.90 Å². The normalized spacial score (nSPS) is 28.9. The highest BCUT2D eigenvalue weighted by atomic mass is 35.5. The molecule has 0 aromatic heterocycles. The van der Waals surface area contributed by atoms with E-state index in [9.17, 15) is 4.79 Å². The highest BCUT2D eigenvalue weighted by Crippen LogP contribution is 2.49. The number of alkyl halides is 1. The number of methoxy groups -OCH3 is 1. The lowest BCUT2D eigenvalue weighted by Crippen LogP contribution is -2.35. The molecule has 4 heteroatoms. The van der Waals surface area contributed by atoms with Crippen molar-refractivity contribution in [2.45, 2.75) is 38.0 Å². The van der Waals surface area contributed by atoms with Crippen molar-refractivity contribution in [2.75, 3.05) is 26.8 Å². The van der Waals surface area contributed by atoms with Crippen molar-refractivity contribution >= 4 is 17.5 Å². The zero-order chi connectivity index (χ0) is 12.5. The average molecular weight is 260 g/mol. The summed E-state index contributed by atoms with van der Waals surface area (Å²) in [7, 11) is 1.75. The zero-order valence-corrected chi connectivity index (χ0v) is 11.5. The fraction of sp³-hybridized carbons (Fsp3) is 0.923. The molecule has 0 N–H and O–H groups in total. The number of amides is 1. The molecule has 0 bridgehead atoms. The van der Waals surface area contributed by atoms with Crippen molar-refractivity contribution in [3.05, 3.63) is 0 Å². The zero-order valence-electron chi connectivity index (χ0n) is 10.7. The fourth-order valence-electron chi connectivity index (χ4n) is 3.53. The minimum Gasteiger partial charge on any atom is -0.384 e. The molecule has 0 radical (unpaired) electrons. The van der Waals surface area contributed by atoms with Crippen LogP contribution in [0.5, 0.6) is 0 Å².